The summed E-state index contributed by atoms with van der Waals surface area (Å²) in [5.41, 5.74) is 1.81. The van der Waals surface area contributed by atoms with Gasteiger partial charge in [0.15, 0.2) is 0 Å². The van der Waals surface area contributed by atoms with Crippen LogP contribution in [0.15, 0.2) is 53.4 Å². The number of amides is 1. The van der Waals surface area contributed by atoms with E-state index in [9.17, 15) is 17.6 Å². The van der Waals surface area contributed by atoms with Gasteiger partial charge in [-0.2, -0.15) is 5.10 Å². The van der Waals surface area contributed by atoms with Gasteiger partial charge < -0.3 is 10.1 Å². The molecular weight excluding hydrogens is 435 g/mol. The number of nitrogens with one attached hydrogen (secondary N) is 1. The van der Waals surface area contributed by atoms with Gasteiger partial charge in [0.25, 0.3) is 10.0 Å². The van der Waals surface area contributed by atoms with E-state index in [0.717, 1.165) is 4.31 Å². The van der Waals surface area contributed by atoms with Crippen LogP contribution in [0.25, 0.3) is 0 Å². The van der Waals surface area contributed by atoms with Crippen molar-refractivity contribution in [3.05, 3.63) is 71.3 Å². The lowest BCUT2D eigenvalue weighted by Gasteiger charge is -2.24. The highest BCUT2D eigenvalue weighted by molar-refractivity contribution is 7.93. The quantitative estimate of drug-likeness (QED) is 0.558. The molecule has 0 aliphatic heterocycles. The minimum Gasteiger partial charge on any atom is -0.497 e. The summed E-state index contributed by atoms with van der Waals surface area (Å²) >= 11 is 0. The van der Waals surface area contributed by atoms with E-state index in [0.29, 0.717) is 28.4 Å². The monoisotopic (exact) mass is 460 g/mol. The van der Waals surface area contributed by atoms with Gasteiger partial charge in [0.05, 0.1) is 24.2 Å². The smallest absolute Gasteiger partial charge is 0.268 e. The van der Waals surface area contributed by atoms with E-state index in [1.165, 1.54) is 23.9 Å². The number of aromatic nitrogens is 2. The highest BCUT2D eigenvalue weighted by Gasteiger charge is 2.32. The Kier molecular flexibility index (Phi) is 6.83. The molecule has 0 bridgehead atoms. The van der Waals surface area contributed by atoms with Crippen molar-refractivity contribution in [2.24, 2.45) is 7.05 Å². The van der Waals surface area contributed by atoms with E-state index in [4.69, 9.17) is 4.74 Å². The van der Waals surface area contributed by atoms with Crippen LogP contribution in [0.1, 0.15) is 17.0 Å². The van der Waals surface area contributed by atoms with Gasteiger partial charge in [-0.1, -0.05) is 12.1 Å². The van der Waals surface area contributed by atoms with Crippen molar-refractivity contribution in [3.63, 3.8) is 0 Å². The molecule has 0 saturated heterocycles. The number of nitrogens with zero attached hydrogens (tertiary/aromatic N) is 3. The molecule has 1 amide bonds. The molecular formula is C22H25FN4O4S. The summed E-state index contributed by atoms with van der Waals surface area (Å²) in [4.78, 5) is 12.8. The Morgan fingerprint density at radius 1 is 1.12 bits per heavy atom. The van der Waals surface area contributed by atoms with Crippen LogP contribution in [0.2, 0.25) is 0 Å². The van der Waals surface area contributed by atoms with Crippen LogP contribution >= 0.6 is 0 Å². The van der Waals surface area contributed by atoms with Crippen molar-refractivity contribution in [3.8, 4) is 5.75 Å². The maximum atomic E-state index is 13.6. The van der Waals surface area contributed by atoms with Crippen LogP contribution in [0.5, 0.6) is 5.75 Å². The number of rotatable bonds is 8. The van der Waals surface area contributed by atoms with E-state index < -0.39 is 22.5 Å². The van der Waals surface area contributed by atoms with E-state index in [1.54, 1.807) is 57.3 Å². The lowest BCUT2D eigenvalue weighted by Crippen LogP contribution is -2.41. The lowest BCUT2D eigenvalue weighted by molar-refractivity contribution is -0.119. The van der Waals surface area contributed by atoms with Crippen LogP contribution in [-0.4, -0.2) is 37.8 Å². The predicted molar refractivity (Wildman–Crippen MR) is 118 cm³/mol. The van der Waals surface area contributed by atoms with Crippen LogP contribution in [0.4, 0.5) is 10.1 Å². The average molecular weight is 461 g/mol. The van der Waals surface area contributed by atoms with Crippen molar-refractivity contribution in [2.45, 2.75) is 25.3 Å². The molecule has 3 rings (SSSR count). The Morgan fingerprint density at radius 3 is 2.28 bits per heavy atom. The first-order valence-corrected chi connectivity index (χ1v) is 11.3. The van der Waals surface area contributed by atoms with E-state index >= 15 is 0 Å². The number of anilines is 1. The number of benzene rings is 2. The third kappa shape index (κ3) is 4.91. The normalized spacial score (nSPS) is 11.3. The molecule has 3 aromatic rings. The summed E-state index contributed by atoms with van der Waals surface area (Å²) in [7, 11) is -0.929. The number of carbonyl (C=O) groups excluding carboxylic acids is 1. The van der Waals surface area contributed by atoms with E-state index in [-0.39, 0.29) is 17.3 Å². The van der Waals surface area contributed by atoms with Crippen molar-refractivity contribution in [1.82, 2.24) is 15.1 Å². The Hall–Kier alpha value is -3.40. The minimum absolute atomic E-state index is 0.0575. The van der Waals surface area contributed by atoms with Gasteiger partial charge >= 0.3 is 0 Å². The van der Waals surface area contributed by atoms with Crippen LogP contribution in [-0.2, 0) is 28.4 Å². The summed E-state index contributed by atoms with van der Waals surface area (Å²) in [6.07, 6.45) is 0. The molecule has 0 radical (unpaired) electrons. The van der Waals surface area contributed by atoms with Gasteiger partial charge in [-0.25, -0.2) is 12.8 Å². The molecule has 1 N–H and O–H groups in total. The number of ether oxygens (including phenoxy) is 1. The molecule has 8 nitrogen and oxygen atoms in total. The van der Waals surface area contributed by atoms with Gasteiger partial charge in [-0.15, -0.1) is 0 Å². The number of hydrogen-bond acceptors (Lipinski definition) is 5. The van der Waals surface area contributed by atoms with Gasteiger partial charge in [0, 0.05) is 13.6 Å². The molecule has 0 unspecified atom stereocenters. The lowest BCUT2D eigenvalue weighted by atomic mass is 10.2. The van der Waals surface area contributed by atoms with E-state index in [2.05, 4.69) is 10.4 Å². The maximum Gasteiger partial charge on any atom is 0.268 e. The third-order valence-electron chi connectivity index (χ3n) is 5.04. The standard InChI is InChI=1S/C22H25FN4O4S/c1-15-22(16(2)26(3)25-15)32(29,30)27(19-9-11-20(31-4)12-10-19)14-21(28)24-13-17-5-7-18(23)8-6-17/h5-12H,13-14H2,1-4H3,(H,24,28). The van der Waals surface area contributed by atoms with Gasteiger partial charge in [-0.05, 0) is 55.8 Å². The molecule has 0 spiro atoms. The summed E-state index contributed by atoms with van der Waals surface area (Å²) in [5, 5.41) is 6.89. The van der Waals surface area contributed by atoms with Crippen LogP contribution in [0.3, 0.4) is 0 Å². The zero-order valence-electron chi connectivity index (χ0n) is 18.3. The molecule has 10 heteroatoms. The second kappa shape index (κ2) is 9.39. The number of methoxy groups -OCH3 is 1. The Labute approximate surface area is 186 Å². The average Bonchev–Trinajstić information content (AvgIpc) is 3.03. The first-order chi connectivity index (χ1) is 15.1. The Balaban J connectivity index is 1.91. The highest BCUT2D eigenvalue weighted by atomic mass is 32.2. The van der Waals surface area contributed by atoms with Gasteiger partial charge in [0.2, 0.25) is 5.91 Å². The summed E-state index contributed by atoms with van der Waals surface area (Å²) in [6, 6.07) is 12.1. The molecule has 0 aliphatic rings. The third-order valence-corrected chi connectivity index (χ3v) is 7.07. The number of sulfonamides is 1. The summed E-state index contributed by atoms with van der Waals surface area (Å²) in [6.45, 7) is 2.97. The molecule has 2 aromatic carbocycles. The molecule has 0 atom stereocenters. The number of aryl methyl sites for hydroxylation is 2. The van der Waals surface area contributed by atoms with Crippen LogP contribution < -0.4 is 14.4 Å². The summed E-state index contributed by atoms with van der Waals surface area (Å²) < 4.78 is 48.0. The first-order valence-electron chi connectivity index (χ1n) is 9.81. The molecule has 1 heterocycles. The van der Waals surface area contributed by atoms with Crippen LogP contribution in [0, 0.1) is 19.7 Å². The largest absolute Gasteiger partial charge is 0.497 e. The minimum atomic E-state index is -4.10. The fourth-order valence-corrected chi connectivity index (χ4v) is 5.12. The van der Waals surface area contributed by atoms with Gasteiger partial charge in [-0.3, -0.25) is 13.8 Å². The summed E-state index contributed by atoms with van der Waals surface area (Å²) in [5.74, 6) is -0.326. The molecule has 0 fully saturated rings. The second-order valence-corrected chi connectivity index (χ2v) is 9.04. The molecule has 170 valence electrons. The number of halogens is 1. The predicted octanol–water partition coefficient (Wildman–Crippen LogP) is 2.70. The molecule has 0 saturated carbocycles. The number of carbonyl (C=O) groups is 1. The molecule has 32 heavy (non-hydrogen) atoms. The van der Waals surface area contributed by atoms with Crippen molar-refractivity contribution in [1.29, 1.82) is 0 Å². The Morgan fingerprint density at radius 2 is 1.75 bits per heavy atom. The fourth-order valence-electron chi connectivity index (χ4n) is 3.29. The molecule has 1 aromatic heterocycles. The maximum absolute atomic E-state index is 13.6. The SMILES string of the molecule is COc1ccc(N(CC(=O)NCc2ccc(F)cc2)S(=O)(=O)c2c(C)nn(C)c2C)cc1. The Bertz CT molecular complexity index is 1210. The molecule has 0 aliphatic carbocycles. The van der Waals surface area contributed by atoms with Crippen molar-refractivity contribution < 1.29 is 22.3 Å². The van der Waals surface area contributed by atoms with E-state index in [1.807, 2.05) is 0 Å². The topological polar surface area (TPSA) is 93.5 Å². The van der Waals surface area contributed by atoms with Gasteiger partial charge in [0.1, 0.15) is 23.0 Å². The first kappa shape index (κ1) is 23.3. The zero-order chi connectivity index (χ0) is 23.5. The van der Waals surface area contributed by atoms with Crippen molar-refractivity contribution in [2.75, 3.05) is 18.0 Å². The number of hydrogen-bond donors (Lipinski definition) is 1. The zero-order valence-corrected chi connectivity index (χ0v) is 19.1. The fraction of sp³-hybridized carbons (Fsp3) is 0.273. The van der Waals surface area contributed by atoms with Crippen molar-refractivity contribution >= 4 is 21.6 Å². The second-order valence-electron chi connectivity index (χ2n) is 7.24. The highest BCUT2D eigenvalue weighted by Crippen LogP contribution is 2.29.